The maximum atomic E-state index is 12.5. The highest BCUT2D eigenvalue weighted by atomic mass is 16.5. The van der Waals surface area contributed by atoms with E-state index in [0.717, 1.165) is 11.3 Å². The van der Waals surface area contributed by atoms with Crippen LogP contribution >= 0.6 is 0 Å². The number of Topliss-reactive ketones (excluding diaryl/α,β-unsaturated/α-hetero) is 1. The van der Waals surface area contributed by atoms with Gasteiger partial charge in [-0.2, -0.15) is 0 Å². The SMILES string of the molecule is CCOC(=O)c1cc2c([nH]c1=O)C[C@@H](c1ccc(OC)cc1)CC2=O. The second kappa shape index (κ2) is 6.93. The fraction of sp³-hybridized carbons (Fsp3) is 0.316. The minimum absolute atomic E-state index is 0.0185. The van der Waals surface area contributed by atoms with Crippen LogP contribution in [0.4, 0.5) is 0 Å². The Hall–Kier alpha value is -2.89. The summed E-state index contributed by atoms with van der Waals surface area (Å²) in [6, 6.07) is 8.91. The second-order valence-corrected chi connectivity index (χ2v) is 5.93. The predicted molar refractivity (Wildman–Crippen MR) is 91.4 cm³/mol. The predicted octanol–water partition coefficient (Wildman–Crippen LogP) is 2.47. The normalized spacial score (nSPS) is 16.2. The molecule has 0 saturated carbocycles. The summed E-state index contributed by atoms with van der Waals surface area (Å²) in [4.78, 5) is 39.2. The van der Waals surface area contributed by atoms with Gasteiger partial charge in [-0.25, -0.2) is 4.79 Å². The molecule has 1 heterocycles. The highest BCUT2D eigenvalue weighted by Crippen LogP contribution is 2.32. The van der Waals surface area contributed by atoms with E-state index in [1.807, 2.05) is 24.3 Å². The Kier molecular flexibility index (Phi) is 4.70. The van der Waals surface area contributed by atoms with Crippen LogP contribution in [-0.2, 0) is 11.2 Å². The summed E-state index contributed by atoms with van der Waals surface area (Å²) in [5.74, 6) is -0.0748. The molecular formula is C19H19NO5. The van der Waals surface area contributed by atoms with E-state index >= 15 is 0 Å². The van der Waals surface area contributed by atoms with Gasteiger partial charge in [0.05, 0.1) is 13.7 Å². The zero-order valence-electron chi connectivity index (χ0n) is 14.1. The van der Waals surface area contributed by atoms with Gasteiger partial charge in [-0.3, -0.25) is 9.59 Å². The van der Waals surface area contributed by atoms with Gasteiger partial charge in [-0.05, 0) is 43.0 Å². The molecule has 130 valence electrons. The Labute approximate surface area is 144 Å². The molecule has 2 aromatic rings. The van der Waals surface area contributed by atoms with Crippen LogP contribution in [0.5, 0.6) is 5.75 Å². The van der Waals surface area contributed by atoms with Crippen LogP contribution in [0.15, 0.2) is 35.1 Å². The number of aromatic amines is 1. The minimum atomic E-state index is -0.711. The van der Waals surface area contributed by atoms with Crippen LogP contribution in [0.3, 0.4) is 0 Å². The smallest absolute Gasteiger partial charge is 0.343 e. The van der Waals surface area contributed by atoms with Gasteiger partial charge in [0.2, 0.25) is 0 Å². The van der Waals surface area contributed by atoms with E-state index < -0.39 is 11.5 Å². The standard InChI is InChI=1S/C19H19NO5/c1-3-25-19(23)15-10-14-16(20-18(15)22)8-12(9-17(14)21)11-4-6-13(24-2)7-5-11/h4-7,10,12H,3,8-9H2,1-2H3,(H,20,22)/t12-/m1/s1. The Bertz CT molecular complexity index is 866. The lowest BCUT2D eigenvalue weighted by atomic mass is 9.81. The lowest BCUT2D eigenvalue weighted by Gasteiger charge is -2.24. The number of fused-ring (bicyclic) bond motifs is 1. The first-order chi connectivity index (χ1) is 12.0. The first kappa shape index (κ1) is 17.0. The van der Waals surface area contributed by atoms with Gasteiger partial charge in [0, 0.05) is 17.7 Å². The molecule has 1 aliphatic carbocycles. The van der Waals surface area contributed by atoms with Crippen molar-refractivity contribution >= 4 is 11.8 Å². The molecule has 0 fully saturated rings. The number of benzene rings is 1. The van der Waals surface area contributed by atoms with Gasteiger partial charge in [0.15, 0.2) is 5.78 Å². The molecule has 1 N–H and O–H groups in total. The van der Waals surface area contributed by atoms with E-state index in [2.05, 4.69) is 4.98 Å². The number of H-pyrrole nitrogens is 1. The van der Waals surface area contributed by atoms with Gasteiger partial charge < -0.3 is 14.5 Å². The number of nitrogens with one attached hydrogen (secondary N) is 1. The number of ether oxygens (including phenoxy) is 2. The number of ketones is 1. The number of hydrogen-bond acceptors (Lipinski definition) is 5. The highest BCUT2D eigenvalue weighted by molar-refractivity contribution is 6.01. The van der Waals surface area contributed by atoms with Crippen LogP contribution in [0.2, 0.25) is 0 Å². The summed E-state index contributed by atoms with van der Waals surface area (Å²) in [6.07, 6.45) is 0.861. The monoisotopic (exact) mass is 341 g/mol. The molecule has 0 bridgehead atoms. The molecule has 25 heavy (non-hydrogen) atoms. The third kappa shape index (κ3) is 3.33. The maximum Gasteiger partial charge on any atom is 0.343 e. The zero-order chi connectivity index (χ0) is 18.0. The molecule has 6 nitrogen and oxygen atoms in total. The van der Waals surface area contributed by atoms with Gasteiger partial charge in [0.1, 0.15) is 11.3 Å². The van der Waals surface area contributed by atoms with Crippen LogP contribution < -0.4 is 10.3 Å². The molecule has 0 aliphatic heterocycles. The third-order valence-electron chi connectivity index (χ3n) is 4.39. The summed E-state index contributed by atoms with van der Waals surface area (Å²) in [5.41, 5.74) is 1.31. The van der Waals surface area contributed by atoms with E-state index in [9.17, 15) is 14.4 Å². The molecule has 0 spiro atoms. The summed E-state index contributed by atoms with van der Waals surface area (Å²) >= 11 is 0. The van der Waals surface area contributed by atoms with Crippen molar-refractivity contribution in [1.29, 1.82) is 0 Å². The van der Waals surface area contributed by atoms with Gasteiger partial charge >= 0.3 is 5.97 Å². The average molecular weight is 341 g/mol. The first-order valence-corrected chi connectivity index (χ1v) is 8.14. The molecule has 0 radical (unpaired) electrons. The molecule has 0 amide bonds. The Morgan fingerprint density at radius 3 is 2.56 bits per heavy atom. The number of methoxy groups -OCH3 is 1. The highest BCUT2D eigenvalue weighted by Gasteiger charge is 2.29. The Balaban J connectivity index is 1.92. The molecular weight excluding hydrogens is 322 g/mol. The maximum absolute atomic E-state index is 12.5. The van der Waals surface area contributed by atoms with Crippen molar-refractivity contribution in [2.24, 2.45) is 0 Å². The molecule has 6 heteroatoms. The van der Waals surface area contributed by atoms with Gasteiger partial charge in [0.25, 0.3) is 5.56 Å². The number of hydrogen-bond donors (Lipinski definition) is 1. The largest absolute Gasteiger partial charge is 0.497 e. The quantitative estimate of drug-likeness (QED) is 0.864. The second-order valence-electron chi connectivity index (χ2n) is 5.93. The summed E-state index contributed by atoms with van der Waals surface area (Å²) < 4.78 is 10.0. The fourth-order valence-corrected chi connectivity index (χ4v) is 3.10. The average Bonchev–Trinajstić information content (AvgIpc) is 2.61. The molecule has 1 aliphatic rings. The van der Waals surface area contributed by atoms with Crippen LogP contribution in [0.25, 0.3) is 0 Å². The van der Waals surface area contributed by atoms with Crippen molar-refractivity contribution in [3.8, 4) is 5.75 Å². The number of esters is 1. The summed E-state index contributed by atoms with van der Waals surface area (Å²) in [5, 5.41) is 0. The minimum Gasteiger partial charge on any atom is -0.497 e. The van der Waals surface area contributed by atoms with Crippen molar-refractivity contribution in [2.45, 2.75) is 25.7 Å². The molecule has 1 atom stereocenters. The summed E-state index contributed by atoms with van der Waals surface area (Å²) in [6.45, 7) is 1.83. The molecule has 0 saturated heterocycles. The lowest BCUT2D eigenvalue weighted by Crippen LogP contribution is -2.28. The number of rotatable bonds is 4. The summed E-state index contributed by atoms with van der Waals surface area (Å²) in [7, 11) is 1.60. The number of aromatic nitrogens is 1. The lowest BCUT2D eigenvalue weighted by molar-refractivity contribution is 0.0524. The number of carbonyl (C=O) groups is 2. The van der Waals surface area contributed by atoms with E-state index in [-0.39, 0.29) is 23.9 Å². The van der Waals surface area contributed by atoms with E-state index in [4.69, 9.17) is 9.47 Å². The molecule has 3 rings (SSSR count). The topological polar surface area (TPSA) is 85.5 Å². The van der Waals surface area contributed by atoms with E-state index in [1.54, 1.807) is 14.0 Å². The van der Waals surface area contributed by atoms with Crippen LogP contribution in [0.1, 0.15) is 51.2 Å². The Morgan fingerprint density at radius 1 is 1.20 bits per heavy atom. The number of pyridine rings is 1. The van der Waals surface area contributed by atoms with Crippen molar-refractivity contribution in [2.75, 3.05) is 13.7 Å². The van der Waals surface area contributed by atoms with Gasteiger partial charge in [-0.1, -0.05) is 12.1 Å². The fourth-order valence-electron chi connectivity index (χ4n) is 3.10. The van der Waals surface area contributed by atoms with Crippen molar-refractivity contribution in [3.05, 3.63) is 63.1 Å². The first-order valence-electron chi connectivity index (χ1n) is 8.14. The van der Waals surface area contributed by atoms with Crippen LogP contribution in [-0.4, -0.2) is 30.5 Å². The third-order valence-corrected chi connectivity index (χ3v) is 4.39. The van der Waals surface area contributed by atoms with Crippen molar-refractivity contribution in [1.82, 2.24) is 4.98 Å². The molecule has 0 unspecified atom stereocenters. The van der Waals surface area contributed by atoms with Crippen LogP contribution in [0, 0.1) is 0 Å². The molecule has 1 aromatic carbocycles. The van der Waals surface area contributed by atoms with Crippen molar-refractivity contribution < 1.29 is 19.1 Å². The zero-order valence-corrected chi connectivity index (χ0v) is 14.1. The van der Waals surface area contributed by atoms with Crippen molar-refractivity contribution in [3.63, 3.8) is 0 Å². The molecule has 1 aromatic heterocycles. The van der Waals surface area contributed by atoms with E-state index in [1.165, 1.54) is 6.07 Å². The van der Waals surface area contributed by atoms with E-state index in [0.29, 0.717) is 24.1 Å². The number of carbonyl (C=O) groups excluding carboxylic acids is 2. The van der Waals surface area contributed by atoms with Gasteiger partial charge in [-0.15, -0.1) is 0 Å². The Morgan fingerprint density at radius 2 is 1.92 bits per heavy atom.